The number of rotatable bonds is 7. The van der Waals surface area contributed by atoms with Gasteiger partial charge in [0, 0.05) is 19.3 Å². The van der Waals surface area contributed by atoms with Crippen molar-refractivity contribution < 1.29 is 9.53 Å². The number of anilines is 2. The maximum Gasteiger partial charge on any atom is 0.271 e. The van der Waals surface area contributed by atoms with Gasteiger partial charge in [0.15, 0.2) is 11.5 Å². The van der Waals surface area contributed by atoms with Crippen LogP contribution in [-0.2, 0) is 11.2 Å². The topological polar surface area (TPSA) is 76.1 Å². The van der Waals surface area contributed by atoms with Crippen LogP contribution in [0.1, 0.15) is 28.5 Å². The summed E-state index contributed by atoms with van der Waals surface area (Å²) in [5, 5.41) is 14.1. The van der Waals surface area contributed by atoms with E-state index in [4.69, 9.17) is 4.74 Å². The molecule has 2 N–H and O–H groups in total. The van der Waals surface area contributed by atoms with Crippen molar-refractivity contribution in [2.45, 2.75) is 20.3 Å². The molecule has 1 aromatic carbocycles. The molecule has 2 rings (SSSR count). The molecule has 0 aliphatic carbocycles. The summed E-state index contributed by atoms with van der Waals surface area (Å²) >= 11 is 0. The predicted octanol–water partition coefficient (Wildman–Crippen LogP) is 2.47. The van der Waals surface area contributed by atoms with Gasteiger partial charge < -0.3 is 15.4 Å². The van der Waals surface area contributed by atoms with Gasteiger partial charge in [-0.25, -0.2) is 0 Å². The van der Waals surface area contributed by atoms with Gasteiger partial charge in [0.25, 0.3) is 5.91 Å². The largest absolute Gasteiger partial charge is 0.383 e. The zero-order valence-electron chi connectivity index (χ0n) is 13.7. The summed E-state index contributed by atoms with van der Waals surface area (Å²) in [5.74, 6) is 0.355. The Morgan fingerprint density at radius 1 is 1.22 bits per heavy atom. The number of carbonyl (C=O) groups is 1. The number of benzene rings is 1. The second-order valence-corrected chi connectivity index (χ2v) is 5.14. The molecule has 1 heterocycles. The third kappa shape index (κ3) is 4.50. The highest BCUT2D eigenvalue weighted by atomic mass is 16.5. The monoisotopic (exact) mass is 314 g/mol. The van der Waals surface area contributed by atoms with Gasteiger partial charge in [-0.2, -0.15) is 0 Å². The maximum atomic E-state index is 11.9. The number of nitrogens with one attached hydrogen (secondary N) is 2. The normalized spacial score (nSPS) is 10.4. The Morgan fingerprint density at radius 2 is 2.04 bits per heavy atom. The first-order valence-electron chi connectivity index (χ1n) is 7.62. The SMILES string of the molecule is CCc1cccc(C)c1Nc1ccc(C(=O)NCCOC)nn1. The summed E-state index contributed by atoms with van der Waals surface area (Å²) in [7, 11) is 1.59. The van der Waals surface area contributed by atoms with Crippen molar-refractivity contribution in [3.05, 3.63) is 47.2 Å². The molecule has 0 spiro atoms. The van der Waals surface area contributed by atoms with E-state index in [9.17, 15) is 4.79 Å². The van der Waals surface area contributed by atoms with Crippen molar-refractivity contribution in [2.75, 3.05) is 25.6 Å². The molecule has 122 valence electrons. The molecular weight excluding hydrogens is 292 g/mol. The Kier molecular flexibility index (Phi) is 6.05. The van der Waals surface area contributed by atoms with Crippen LogP contribution >= 0.6 is 0 Å². The summed E-state index contributed by atoms with van der Waals surface area (Å²) in [6.07, 6.45) is 0.928. The number of methoxy groups -OCH3 is 1. The van der Waals surface area contributed by atoms with Crippen molar-refractivity contribution in [2.24, 2.45) is 0 Å². The first-order chi connectivity index (χ1) is 11.2. The van der Waals surface area contributed by atoms with Crippen LogP contribution in [0.5, 0.6) is 0 Å². The second kappa shape index (κ2) is 8.24. The van der Waals surface area contributed by atoms with E-state index in [2.05, 4.69) is 33.8 Å². The fourth-order valence-electron chi connectivity index (χ4n) is 2.21. The molecule has 0 atom stereocenters. The molecule has 23 heavy (non-hydrogen) atoms. The van der Waals surface area contributed by atoms with Crippen LogP contribution in [0.4, 0.5) is 11.5 Å². The molecule has 0 saturated heterocycles. The Morgan fingerprint density at radius 3 is 2.70 bits per heavy atom. The van der Waals surface area contributed by atoms with E-state index in [1.807, 2.05) is 19.1 Å². The molecule has 0 aliphatic heterocycles. The molecule has 0 aliphatic rings. The molecule has 0 unspecified atom stereocenters. The number of amides is 1. The van der Waals surface area contributed by atoms with Crippen LogP contribution in [0.15, 0.2) is 30.3 Å². The first kappa shape index (κ1) is 16.9. The summed E-state index contributed by atoms with van der Waals surface area (Å²) in [6.45, 7) is 5.07. The maximum absolute atomic E-state index is 11.9. The number of hydrogen-bond acceptors (Lipinski definition) is 5. The third-order valence-corrected chi connectivity index (χ3v) is 3.48. The minimum atomic E-state index is -0.258. The Hall–Kier alpha value is -2.47. The Balaban J connectivity index is 2.07. The molecule has 0 radical (unpaired) electrons. The van der Waals surface area contributed by atoms with E-state index < -0.39 is 0 Å². The number of nitrogens with zero attached hydrogens (tertiary/aromatic N) is 2. The molecule has 0 bridgehead atoms. The van der Waals surface area contributed by atoms with Crippen LogP contribution in [0.3, 0.4) is 0 Å². The highest BCUT2D eigenvalue weighted by Crippen LogP contribution is 2.24. The average molecular weight is 314 g/mol. The molecule has 1 aromatic heterocycles. The van der Waals surface area contributed by atoms with Gasteiger partial charge in [-0.3, -0.25) is 4.79 Å². The smallest absolute Gasteiger partial charge is 0.271 e. The fourth-order valence-corrected chi connectivity index (χ4v) is 2.21. The minimum absolute atomic E-state index is 0.258. The fraction of sp³-hybridized carbons (Fsp3) is 0.353. The molecule has 6 heteroatoms. The van der Waals surface area contributed by atoms with E-state index in [1.165, 1.54) is 5.56 Å². The zero-order chi connectivity index (χ0) is 16.7. The number of aryl methyl sites for hydroxylation is 2. The van der Waals surface area contributed by atoms with Crippen molar-refractivity contribution in [1.82, 2.24) is 15.5 Å². The predicted molar refractivity (Wildman–Crippen MR) is 90.1 cm³/mol. The minimum Gasteiger partial charge on any atom is -0.383 e. The van der Waals surface area contributed by atoms with Crippen LogP contribution in [-0.4, -0.2) is 36.4 Å². The number of aromatic nitrogens is 2. The van der Waals surface area contributed by atoms with Gasteiger partial charge >= 0.3 is 0 Å². The number of carbonyl (C=O) groups excluding carboxylic acids is 1. The van der Waals surface area contributed by atoms with Gasteiger partial charge in [-0.15, -0.1) is 10.2 Å². The quantitative estimate of drug-likeness (QED) is 0.768. The van der Waals surface area contributed by atoms with Gasteiger partial charge in [-0.05, 0) is 36.6 Å². The molecule has 0 fully saturated rings. The van der Waals surface area contributed by atoms with E-state index in [0.717, 1.165) is 17.7 Å². The van der Waals surface area contributed by atoms with Crippen molar-refractivity contribution in [3.63, 3.8) is 0 Å². The van der Waals surface area contributed by atoms with Crippen LogP contribution in [0, 0.1) is 6.92 Å². The van der Waals surface area contributed by atoms with E-state index in [0.29, 0.717) is 19.0 Å². The zero-order valence-corrected chi connectivity index (χ0v) is 13.7. The molecule has 1 amide bonds. The first-order valence-corrected chi connectivity index (χ1v) is 7.62. The van der Waals surface area contributed by atoms with Gasteiger partial charge in [0.2, 0.25) is 0 Å². The van der Waals surface area contributed by atoms with Gasteiger partial charge in [-0.1, -0.05) is 25.1 Å². The van der Waals surface area contributed by atoms with Crippen LogP contribution < -0.4 is 10.6 Å². The van der Waals surface area contributed by atoms with E-state index >= 15 is 0 Å². The summed E-state index contributed by atoms with van der Waals surface area (Å²) in [6, 6.07) is 9.58. The molecule has 2 aromatic rings. The van der Waals surface area contributed by atoms with Crippen molar-refractivity contribution in [1.29, 1.82) is 0 Å². The highest BCUT2D eigenvalue weighted by molar-refractivity contribution is 5.92. The van der Waals surface area contributed by atoms with Crippen LogP contribution in [0.25, 0.3) is 0 Å². The average Bonchev–Trinajstić information content (AvgIpc) is 2.57. The highest BCUT2D eigenvalue weighted by Gasteiger charge is 2.09. The number of para-hydroxylation sites is 1. The van der Waals surface area contributed by atoms with Crippen molar-refractivity contribution >= 4 is 17.4 Å². The lowest BCUT2D eigenvalue weighted by molar-refractivity contribution is 0.0931. The van der Waals surface area contributed by atoms with E-state index in [1.54, 1.807) is 19.2 Å². The van der Waals surface area contributed by atoms with Gasteiger partial charge in [0.1, 0.15) is 0 Å². The molecule has 6 nitrogen and oxygen atoms in total. The Labute approximate surface area is 136 Å². The lowest BCUT2D eigenvalue weighted by Gasteiger charge is -2.13. The second-order valence-electron chi connectivity index (χ2n) is 5.14. The number of hydrogen-bond donors (Lipinski definition) is 2. The van der Waals surface area contributed by atoms with Crippen molar-refractivity contribution in [3.8, 4) is 0 Å². The standard InChI is InChI=1S/C17H22N4O2/c1-4-13-7-5-6-12(2)16(13)19-15-9-8-14(20-21-15)17(22)18-10-11-23-3/h5-9H,4,10-11H2,1-3H3,(H,18,22)(H,19,21). The lowest BCUT2D eigenvalue weighted by atomic mass is 10.1. The Bertz CT molecular complexity index is 656. The summed E-state index contributed by atoms with van der Waals surface area (Å²) in [4.78, 5) is 11.9. The van der Waals surface area contributed by atoms with Crippen LogP contribution in [0.2, 0.25) is 0 Å². The lowest BCUT2D eigenvalue weighted by Crippen LogP contribution is -2.27. The molecular formula is C17H22N4O2. The summed E-state index contributed by atoms with van der Waals surface area (Å²) in [5.41, 5.74) is 3.69. The summed E-state index contributed by atoms with van der Waals surface area (Å²) < 4.78 is 4.89. The third-order valence-electron chi connectivity index (χ3n) is 3.48. The van der Waals surface area contributed by atoms with Gasteiger partial charge in [0.05, 0.1) is 6.61 Å². The van der Waals surface area contributed by atoms with E-state index in [-0.39, 0.29) is 11.6 Å². The molecule has 0 saturated carbocycles. The number of ether oxygens (including phenoxy) is 1.